The van der Waals surface area contributed by atoms with E-state index >= 15 is 0 Å². The summed E-state index contributed by atoms with van der Waals surface area (Å²) < 4.78 is 0. The molecule has 1 aromatic heterocycles. The summed E-state index contributed by atoms with van der Waals surface area (Å²) in [6.07, 6.45) is 3.68. The lowest BCUT2D eigenvalue weighted by Gasteiger charge is -1.97. The Labute approximate surface area is 75.8 Å². The Kier molecular flexibility index (Phi) is 2.82. The molecule has 0 aliphatic heterocycles. The number of thiocarbonyl (C=S) groups is 1. The van der Waals surface area contributed by atoms with Gasteiger partial charge >= 0.3 is 0 Å². The van der Waals surface area contributed by atoms with Crippen molar-refractivity contribution in [3.8, 4) is 0 Å². The Bertz CT molecular complexity index is 288. The topological polar surface area (TPSA) is 66.2 Å². The minimum absolute atomic E-state index is 0.171. The maximum absolute atomic E-state index is 5.20. The van der Waals surface area contributed by atoms with Gasteiger partial charge in [-0.3, -0.25) is 5.43 Å². The van der Waals surface area contributed by atoms with Crippen LogP contribution < -0.4 is 11.2 Å². The smallest absolute Gasteiger partial charge is 0.184 e. The molecule has 0 unspecified atom stereocenters. The Morgan fingerprint density at radius 2 is 2.50 bits per heavy atom. The van der Waals surface area contributed by atoms with Crippen molar-refractivity contribution in [3.63, 3.8) is 0 Å². The molecule has 0 fully saturated rings. The van der Waals surface area contributed by atoms with Crippen molar-refractivity contribution in [2.45, 2.75) is 6.92 Å². The predicted octanol–water partition coefficient (Wildman–Crippen LogP) is 0.572. The van der Waals surface area contributed by atoms with Crippen molar-refractivity contribution in [3.05, 3.63) is 24.0 Å². The van der Waals surface area contributed by atoms with Crippen molar-refractivity contribution in [2.24, 2.45) is 10.8 Å². The summed E-state index contributed by atoms with van der Waals surface area (Å²) in [6.45, 7) is 1.87. The summed E-state index contributed by atoms with van der Waals surface area (Å²) >= 11 is 4.60. The highest BCUT2D eigenvalue weighted by molar-refractivity contribution is 7.80. The fourth-order valence-corrected chi connectivity index (χ4v) is 0.798. The third-order valence-corrected chi connectivity index (χ3v) is 1.44. The van der Waals surface area contributed by atoms with E-state index in [1.807, 2.05) is 25.4 Å². The number of hydrogen-bond acceptors (Lipinski definition) is 2. The molecule has 0 aliphatic rings. The van der Waals surface area contributed by atoms with Crippen molar-refractivity contribution in [2.75, 3.05) is 0 Å². The van der Waals surface area contributed by atoms with Gasteiger partial charge in [0.25, 0.3) is 0 Å². The first-order valence-electron chi connectivity index (χ1n) is 3.43. The molecule has 1 rings (SSSR count). The highest BCUT2D eigenvalue weighted by Crippen LogP contribution is 1.97. The highest BCUT2D eigenvalue weighted by atomic mass is 32.1. The lowest BCUT2D eigenvalue weighted by atomic mass is 10.2. The Morgan fingerprint density at radius 1 is 1.75 bits per heavy atom. The van der Waals surface area contributed by atoms with E-state index in [1.165, 1.54) is 0 Å². The number of hydrogen-bond donors (Lipinski definition) is 3. The van der Waals surface area contributed by atoms with E-state index in [1.54, 1.807) is 0 Å². The van der Waals surface area contributed by atoms with E-state index in [0.29, 0.717) is 0 Å². The molecule has 5 heteroatoms. The second kappa shape index (κ2) is 3.87. The molecule has 0 atom stereocenters. The molecule has 12 heavy (non-hydrogen) atoms. The second-order valence-electron chi connectivity index (χ2n) is 2.27. The zero-order chi connectivity index (χ0) is 8.97. The van der Waals surface area contributed by atoms with E-state index in [9.17, 15) is 0 Å². The first-order valence-corrected chi connectivity index (χ1v) is 3.84. The van der Waals surface area contributed by atoms with Gasteiger partial charge in [0.05, 0.1) is 5.71 Å². The minimum atomic E-state index is 0.171. The molecule has 0 amide bonds. The quantitative estimate of drug-likeness (QED) is 0.356. The molecule has 64 valence electrons. The number of nitrogens with one attached hydrogen (secondary N) is 2. The van der Waals surface area contributed by atoms with Crippen LogP contribution in [0.4, 0.5) is 0 Å². The van der Waals surface area contributed by atoms with E-state index in [0.717, 1.165) is 11.3 Å². The average molecular weight is 182 g/mol. The van der Waals surface area contributed by atoms with Gasteiger partial charge in [-0.05, 0) is 25.2 Å². The monoisotopic (exact) mass is 182 g/mol. The second-order valence-corrected chi connectivity index (χ2v) is 2.71. The van der Waals surface area contributed by atoms with Gasteiger partial charge in [0.2, 0.25) is 0 Å². The van der Waals surface area contributed by atoms with Crippen molar-refractivity contribution in [1.29, 1.82) is 0 Å². The number of nitrogens with two attached hydrogens (primary N) is 1. The summed E-state index contributed by atoms with van der Waals surface area (Å²) in [5.74, 6) is 0. The molecule has 0 bridgehead atoms. The number of H-pyrrole nitrogens is 1. The molecule has 1 aromatic rings. The Balaban J connectivity index is 2.65. The van der Waals surface area contributed by atoms with E-state index in [4.69, 9.17) is 5.73 Å². The molecule has 0 aromatic carbocycles. The number of aromatic amines is 1. The molecule has 4 nitrogen and oxygen atoms in total. The lowest BCUT2D eigenvalue weighted by Crippen LogP contribution is -2.25. The lowest BCUT2D eigenvalue weighted by molar-refractivity contribution is 1.03. The third kappa shape index (κ3) is 2.35. The highest BCUT2D eigenvalue weighted by Gasteiger charge is 1.95. The average Bonchev–Trinajstić information content (AvgIpc) is 2.51. The van der Waals surface area contributed by atoms with Crippen LogP contribution in [0.3, 0.4) is 0 Å². The van der Waals surface area contributed by atoms with E-state index < -0.39 is 0 Å². The maximum atomic E-state index is 5.20. The Hall–Kier alpha value is -1.36. The largest absolute Gasteiger partial charge is 0.375 e. The first kappa shape index (κ1) is 8.73. The zero-order valence-electron chi connectivity index (χ0n) is 6.66. The molecule has 0 aliphatic carbocycles. The van der Waals surface area contributed by atoms with Gasteiger partial charge in [-0.25, -0.2) is 0 Å². The number of nitrogens with zero attached hydrogens (tertiary/aromatic N) is 1. The molecule has 0 spiro atoms. The van der Waals surface area contributed by atoms with Crippen molar-refractivity contribution in [1.82, 2.24) is 10.4 Å². The molecule has 0 radical (unpaired) electrons. The number of aromatic nitrogens is 1. The normalized spacial score (nSPS) is 11.2. The molecule has 4 N–H and O–H groups in total. The summed E-state index contributed by atoms with van der Waals surface area (Å²) in [7, 11) is 0. The molecular weight excluding hydrogens is 172 g/mol. The predicted molar refractivity (Wildman–Crippen MR) is 52.9 cm³/mol. The molecule has 1 heterocycles. The summed E-state index contributed by atoms with van der Waals surface area (Å²) in [6, 6.07) is 1.92. The van der Waals surface area contributed by atoms with Crippen molar-refractivity contribution >= 4 is 23.0 Å². The SMILES string of the molecule is CC(=NNC(N)=S)c1cc[nH]c1. The molecule has 0 saturated carbocycles. The number of rotatable bonds is 2. The van der Waals surface area contributed by atoms with E-state index in [-0.39, 0.29) is 5.11 Å². The first-order chi connectivity index (χ1) is 5.70. The maximum Gasteiger partial charge on any atom is 0.184 e. The van der Waals surface area contributed by atoms with Gasteiger partial charge in [0.1, 0.15) is 0 Å². The van der Waals surface area contributed by atoms with Crippen LogP contribution in [0.2, 0.25) is 0 Å². The van der Waals surface area contributed by atoms with Gasteiger partial charge in [0.15, 0.2) is 5.11 Å². The standard InChI is InChI=1S/C7H10N4S/c1-5(10-11-7(8)12)6-2-3-9-4-6/h2-4,9H,1H3,(H3,8,11,12). The molecule has 0 saturated heterocycles. The van der Waals surface area contributed by atoms with Crippen LogP contribution in [0.1, 0.15) is 12.5 Å². The Morgan fingerprint density at radius 3 is 3.00 bits per heavy atom. The van der Waals surface area contributed by atoms with Gasteiger partial charge in [-0.1, -0.05) is 0 Å². The van der Waals surface area contributed by atoms with Crippen LogP contribution in [-0.2, 0) is 0 Å². The van der Waals surface area contributed by atoms with Crippen LogP contribution in [0.5, 0.6) is 0 Å². The van der Waals surface area contributed by atoms with Crippen LogP contribution >= 0.6 is 12.2 Å². The zero-order valence-corrected chi connectivity index (χ0v) is 7.48. The van der Waals surface area contributed by atoms with Gasteiger partial charge in [-0.2, -0.15) is 5.10 Å². The van der Waals surface area contributed by atoms with Crippen LogP contribution in [0.25, 0.3) is 0 Å². The summed E-state index contributed by atoms with van der Waals surface area (Å²) in [5, 5.41) is 4.12. The minimum Gasteiger partial charge on any atom is -0.375 e. The fraction of sp³-hybridized carbons (Fsp3) is 0.143. The third-order valence-electron chi connectivity index (χ3n) is 1.35. The fourth-order valence-electron chi connectivity index (χ4n) is 0.752. The van der Waals surface area contributed by atoms with E-state index in [2.05, 4.69) is 27.7 Å². The molecular formula is C7H10N4S. The summed E-state index contributed by atoms with van der Waals surface area (Å²) in [4.78, 5) is 2.93. The number of hydrazone groups is 1. The van der Waals surface area contributed by atoms with Gasteiger partial charge in [-0.15, -0.1) is 0 Å². The van der Waals surface area contributed by atoms with Crippen LogP contribution in [-0.4, -0.2) is 15.8 Å². The van der Waals surface area contributed by atoms with Gasteiger partial charge < -0.3 is 10.7 Å². The summed E-state index contributed by atoms with van der Waals surface area (Å²) in [5.41, 5.74) is 9.57. The van der Waals surface area contributed by atoms with Crippen LogP contribution in [0.15, 0.2) is 23.6 Å². The van der Waals surface area contributed by atoms with Crippen LogP contribution in [0, 0.1) is 0 Å². The van der Waals surface area contributed by atoms with Gasteiger partial charge in [0, 0.05) is 18.0 Å². The van der Waals surface area contributed by atoms with Crippen molar-refractivity contribution < 1.29 is 0 Å².